The van der Waals surface area contributed by atoms with Gasteiger partial charge in [-0.15, -0.1) is 0 Å². The van der Waals surface area contributed by atoms with Gasteiger partial charge in [0.05, 0.1) is 5.52 Å². The zero-order valence-electron chi connectivity index (χ0n) is 15.4. The molecule has 0 amide bonds. The summed E-state index contributed by atoms with van der Waals surface area (Å²) in [6.07, 6.45) is 1.34. The van der Waals surface area contributed by atoms with Crippen LogP contribution in [0.15, 0.2) is 39.8 Å². The van der Waals surface area contributed by atoms with Gasteiger partial charge in [0.1, 0.15) is 34.8 Å². The van der Waals surface area contributed by atoms with Gasteiger partial charge in [0, 0.05) is 18.0 Å². The fourth-order valence-electron chi connectivity index (χ4n) is 3.05. The van der Waals surface area contributed by atoms with Crippen LogP contribution in [0.4, 0.5) is 0 Å². The SMILES string of the molecule is Cc1ccc2cc(COC(=O)c3c(C)oc4ncn(C)c(=O)c34)c(Cl)nc2c1. The van der Waals surface area contributed by atoms with E-state index in [0.717, 1.165) is 16.5 Å². The third-order valence-electron chi connectivity index (χ3n) is 4.51. The van der Waals surface area contributed by atoms with E-state index in [4.69, 9.17) is 20.8 Å². The van der Waals surface area contributed by atoms with Crippen molar-refractivity contribution < 1.29 is 13.9 Å². The highest BCUT2D eigenvalue weighted by molar-refractivity contribution is 6.30. The molecule has 4 aromatic rings. The highest BCUT2D eigenvalue weighted by atomic mass is 35.5. The molecule has 1 aromatic carbocycles. The average Bonchev–Trinajstić information content (AvgIpc) is 2.99. The van der Waals surface area contributed by atoms with Crippen molar-refractivity contribution >= 4 is 39.6 Å². The molecular formula is C20H16ClN3O4. The first kappa shape index (κ1) is 18.2. The van der Waals surface area contributed by atoms with Crippen LogP contribution in [0.2, 0.25) is 5.15 Å². The summed E-state index contributed by atoms with van der Waals surface area (Å²) in [5, 5.41) is 1.26. The second-order valence-corrected chi connectivity index (χ2v) is 6.94. The Morgan fingerprint density at radius 2 is 2.07 bits per heavy atom. The van der Waals surface area contributed by atoms with Gasteiger partial charge in [-0.1, -0.05) is 23.7 Å². The van der Waals surface area contributed by atoms with Gasteiger partial charge in [-0.25, -0.2) is 14.8 Å². The summed E-state index contributed by atoms with van der Waals surface area (Å²) in [5.74, 6) is -0.407. The molecule has 0 saturated carbocycles. The van der Waals surface area contributed by atoms with Crippen molar-refractivity contribution in [1.82, 2.24) is 14.5 Å². The number of furan rings is 1. The van der Waals surface area contributed by atoms with Crippen LogP contribution < -0.4 is 5.56 Å². The molecule has 3 heterocycles. The zero-order valence-corrected chi connectivity index (χ0v) is 16.2. The summed E-state index contributed by atoms with van der Waals surface area (Å²) in [6, 6.07) is 7.67. The third kappa shape index (κ3) is 3.03. The van der Waals surface area contributed by atoms with Gasteiger partial charge < -0.3 is 13.7 Å². The molecule has 0 aliphatic heterocycles. The number of carbonyl (C=O) groups excluding carboxylic acids is 1. The molecule has 0 atom stereocenters. The minimum Gasteiger partial charge on any atom is -0.457 e. The number of hydrogen-bond acceptors (Lipinski definition) is 6. The van der Waals surface area contributed by atoms with Crippen LogP contribution in [0.1, 0.15) is 27.2 Å². The monoisotopic (exact) mass is 397 g/mol. The van der Waals surface area contributed by atoms with Crippen LogP contribution >= 0.6 is 11.6 Å². The van der Waals surface area contributed by atoms with Crippen LogP contribution in [0.5, 0.6) is 0 Å². The van der Waals surface area contributed by atoms with Crippen molar-refractivity contribution in [3.63, 3.8) is 0 Å². The van der Waals surface area contributed by atoms with E-state index in [-0.39, 0.29) is 39.7 Å². The van der Waals surface area contributed by atoms with Crippen molar-refractivity contribution in [3.05, 3.63) is 68.6 Å². The van der Waals surface area contributed by atoms with Gasteiger partial charge in [-0.2, -0.15) is 0 Å². The van der Waals surface area contributed by atoms with Crippen LogP contribution in [-0.4, -0.2) is 20.5 Å². The number of halogens is 1. The van der Waals surface area contributed by atoms with Crippen LogP contribution in [-0.2, 0) is 18.4 Å². The molecule has 3 aromatic heterocycles. The predicted molar refractivity (Wildman–Crippen MR) is 105 cm³/mol. The maximum atomic E-state index is 12.7. The number of benzene rings is 1. The van der Waals surface area contributed by atoms with Gasteiger partial charge in [-0.05, 0) is 31.5 Å². The molecule has 0 fully saturated rings. The lowest BCUT2D eigenvalue weighted by atomic mass is 10.1. The Morgan fingerprint density at radius 3 is 2.86 bits per heavy atom. The number of rotatable bonds is 3. The van der Waals surface area contributed by atoms with E-state index in [0.29, 0.717) is 5.56 Å². The first-order chi connectivity index (χ1) is 13.3. The van der Waals surface area contributed by atoms with Crippen molar-refractivity contribution in [1.29, 1.82) is 0 Å². The van der Waals surface area contributed by atoms with Gasteiger partial charge in [0.2, 0.25) is 5.71 Å². The summed E-state index contributed by atoms with van der Waals surface area (Å²) in [6.45, 7) is 3.48. The van der Waals surface area contributed by atoms with Crippen LogP contribution in [0, 0.1) is 13.8 Å². The maximum Gasteiger partial charge on any atom is 0.342 e. The Bertz CT molecular complexity index is 1310. The van der Waals surface area contributed by atoms with E-state index >= 15 is 0 Å². The number of esters is 1. The highest BCUT2D eigenvalue weighted by Gasteiger charge is 2.24. The number of pyridine rings is 1. The van der Waals surface area contributed by atoms with Gasteiger partial charge in [-0.3, -0.25) is 4.79 Å². The van der Waals surface area contributed by atoms with E-state index in [1.807, 2.05) is 31.2 Å². The largest absolute Gasteiger partial charge is 0.457 e. The summed E-state index contributed by atoms with van der Waals surface area (Å²) < 4.78 is 12.1. The van der Waals surface area contributed by atoms with E-state index < -0.39 is 5.97 Å². The van der Waals surface area contributed by atoms with E-state index in [2.05, 4.69) is 9.97 Å². The van der Waals surface area contributed by atoms with Crippen molar-refractivity contribution in [2.75, 3.05) is 0 Å². The first-order valence-corrected chi connectivity index (χ1v) is 8.90. The van der Waals surface area contributed by atoms with Gasteiger partial charge >= 0.3 is 5.97 Å². The number of aromatic nitrogens is 3. The molecule has 0 aliphatic carbocycles. The number of fused-ring (bicyclic) bond motifs is 2. The lowest BCUT2D eigenvalue weighted by Gasteiger charge is -2.08. The van der Waals surface area contributed by atoms with Gasteiger partial charge in [0.15, 0.2) is 0 Å². The Morgan fingerprint density at radius 1 is 1.29 bits per heavy atom. The third-order valence-corrected chi connectivity index (χ3v) is 4.84. The molecule has 0 saturated heterocycles. The highest BCUT2D eigenvalue weighted by Crippen LogP contribution is 2.25. The van der Waals surface area contributed by atoms with Crippen molar-refractivity contribution in [3.8, 4) is 0 Å². The van der Waals surface area contributed by atoms with Crippen LogP contribution in [0.3, 0.4) is 0 Å². The molecule has 142 valence electrons. The minimum atomic E-state index is -0.679. The molecule has 0 spiro atoms. The fourth-order valence-corrected chi connectivity index (χ4v) is 3.25. The van der Waals surface area contributed by atoms with Crippen molar-refractivity contribution in [2.24, 2.45) is 7.05 Å². The van der Waals surface area contributed by atoms with E-state index in [9.17, 15) is 9.59 Å². The summed E-state index contributed by atoms with van der Waals surface area (Å²) in [7, 11) is 1.55. The number of hydrogen-bond donors (Lipinski definition) is 0. The second kappa shape index (κ2) is 6.76. The molecule has 8 heteroatoms. The number of carbonyl (C=O) groups is 1. The Balaban J connectivity index is 1.66. The Hall–Kier alpha value is -3.19. The molecule has 4 rings (SSSR count). The molecule has 0 bridgehead atoms. The smallest absolute Gasteiger partial charge is 0.342 e. The average molecular weight is 398 g/mol. The first-order valence-electron chi connectivity index (χ1n) is 8.53. The standard InChI is InChI=1S/C20H16ClN3O4/c1-10-4-5-12-7-13(17(21)23-14(12)6-10)8-27-20(26)15-11(2)28-18-16(15)19(25)24(3)9-22-18/h4-7,9H,8H2,1-3H3. The predicted octanol–water partition coefficient (Wildman–Crippen LogP) is 3.70. The molecule has 7 nitrogen and oxygen atoms in total. The fraction of sp³-hybridized carbons (Fsp3) is 0.200. The van der Waals surface area contributed by atoms with Gasteiger partial charge in [0.25, 0.3) is 5.56 Å². The number of ether oxygens (including phenoxy) is 1. The molecule has 0 aliphatic rings. The van der Waals surface area contributed by atoms with Crippen LogP contribution in [0.25, 0.3) is 22.0 Å². The Labute approximate surface area is 164 Å². The molecule has 0 radical (unpaired) electrons. The van der Waals surface area contributed by atoms with Crippen molar-refractivity contribution in [2.45, 2.75) is 20.5 Å². The molecule has 0 N–H and O–H groups in total. The minimum absolute atomic E-state index is 0.0733. The maximum absolute atomic E-state index is 12.7. The molecule has 28 heavy (non-hydrogen) atoms. The molecule has 0 unspecified atom stereocenters. The lowest BCUT2D eigenvalue weighted by molar-refractivity contribution is 0.0472. The summed E-state index contributed by atoms with van der Waals surface area (Å²) >= 11 is 6.25. The normalized spacial score (nSPS) is 11.3. The second-order valence-electron chi connectivity index (χ2n) is 6.58. The number of nitrogens with zero attached hydrogens (tertiary/aromatic N) is 3. The van der Waals surface area contributed by atoms with E-state index in [1.165, 1.54) is 10.9 Å². The topological polar surface area (TPSA) is 87.2 Å². The summed E-state index contributed by atoms with van der Waals surface area (Å²) in [4.78, 5) is 33.5. The lowest BCUT2D eigenvalue weighted by Crippen LogP contribution is -2.19. The Kier molecular flexibility index (Phi) is 4.39. The zero-order chi connectivity index (χ0) is 20.0. The van der Waals surface area contributed by atoms with E-state index in [1.54, 1.807) is 14.0 Å². The molecular weight excluding hydrogens is 382 g/mol. The summed E-state index contributed by atoms with van der Waals surface area (Å²) in [5.41, 5.74) is 2.22. The number of aryl methyl sites for hydroxylation is 3. The quantitative estimate of drug-likeness (QED) is 0.387.